The molecule has 2 aromatic rings. The molecule has 0 N–H and O–H groups in total. The fourth-order valence-corrected chi connectivity index (χ4v) is 4.36. The molecule has 0 radical (unpaired) electrons. The molecule has 0 saturated heterocycles. The van der Waals surface area contributed by atoms with E-state index in [-0.39, 0.29) is 25.4 Å². The molecular weight excluding hydrogens is 425 g/mol. The quantitative estimate of drug-likeness (QED) is 0.671. The zero-order valence-electron chi connectivity index (χ0n) is 15.7. The first kappa shape index (κ1) is 21.8. The van der Waals surface area contributed by atoms with Crippen LogP contribution in [0.5, 0.6) is 5.88 Å². The van der Waals surface area contributed by atoms with Crippen molar-refractivity contribution in [2.24, 2.45) is 0 Å². The van der Waals surface area contributed by atoms with Gasteiger partial charge in [0.05, 0.1) is 17.6 Å². The minimum absolute atomic E-state index is 0.0183. The molecule has 0 amide bonds. The molecule has 3 rings (SSSR count). The van der Waals surface area contributed by atoms with Crippen LogP contribution in [-0.4, -0.2) is 44.1 Å². The van der Waals surface area contributed by atoms with Gasteiger partial charge >= 0.3 is 12.3 Å². The first-order valence-corrected chi connectivity index (χ1v) is 10.1. The molecule has 11 heteroatoms. The maximum absolute atomic E-state index is 12.9. The van der Waals surface area contributed by atoms with Gasteiger partial charge in [-0.25, -0.2) is 18.2 Å². The Morgan fingerprint density at radius 1 is 1.20 bits per heavy atom. The third kappa shape index (κ3) is 4.62. The molecule has 0 spiro atoms. The molecule has 0 saturated carbocycles. The maximum Gasteiger partial charge on any atom is 0.514 e. The third-order valence-corrected chi connectivity index (χ3v) is 6.30. The molecule has 1 aromatic carbocycles. The molecule has 1 aromatic heterocycles. The van der Waals surface area contributed by atoms with Crippen molar-refractivity contribution in [2.45, 2.75) is 17.5 Å². The number of ether oxygens (including phenoxy) is 2. The van der Waals surface area contributed by atoms with Crippen LogP contribution in [0.25, 0.3) is 5.57 Å². The molecule has 1 aliphatic rings. The summed E-state index contributed by atoms with van der Waals surface area (Å²) in [6.45, 7) is -0.0164. The summed E-state index contributed by atoms with van der Waals surface area (Å²) < 4.78 is 74.9. The molecule has 0 aliphatic carbocycles. The average Bonchev–Trinajstić information content (AvgIpc) is 2.73. The van der Waals surface area contributed by atoms with Gasteiger partial charge in [-0.1, -0.05) is 12.1 Å². The number of carbonyl (C=O) groups excluding carboxylic acids is 1. The van der Waals surface area contributed by atoms with Crippen LogP contribution < -0.4 is 4.74 Å². The van der Waals surface area contributed by atoms with Gasteiger partial charge in [-0.2, -0.15) is 17.5 Å². The number of methoxy groups -OCH3 is 1. The summed E-state index contributed by atoms with van der Waals surface area (Å²) in [6, 6.07) is 6.93. The Labute approximate surface area is 170 Å². The Hall–Kier alpha value is -2.92. The first-order valence-electron chi connectivity index (χ1n) is 8.70. The average molecular weight is 442 g/mol. The number of pyridine rings is 1. The number of hydrogen-bond donors (Lipinski definition) is 0. The van der Waals surface area contributed by atoms with Crippen molar-refractivity contribution in [3.05, 3.63) is 59.8 Å². The van der Waals surface area contributed by atoms with Gasteiger partial charge in [-0.3, -0.25) is 0 Å². The molecule has 0 bridgehead atoms. The van der Waals surface area contributed by atoms with Crippen molar-refractivity contribution in [1.29, 1.82) is 0 Å². The highest BCUT2D eigenvalue weighted by Crippen LogP contribution is 2.33. The zero-order valence-corrected chi connectivity index (χ0v) is 16.5. The molecule has 1 aliphatic heterocycles. The number of halogens is 3. The Kier molecular flexibility index (Phi) is 6.13. The number of carbonyl (C=O) groups is 1. The second kappa shape index (κ2) is 8.44. The van der Waals surface area contributed by atoms with Crippen molar-refractivity contribution < 1.29 is 35.9 Å². The minimum atomic E-state index is -4.64. The molecule has 7 nitrogen and oxygen atoms in total. The molecular formula is C19H17F3N2O5S. The maximum atomic E-state index is 12.9. The largest absolute Gasteiger partial charge is 0.514 e. The van der Waals surface area contributed by atoms with E-state index in [1.165, 1.54) is 6.20 Å². The number of rotatable bonds is 4. The summed E-state index contributed by atoms with van der Waals surface area (Å²) >= 11 is 0. The predicted molar refractivity (Wildman–Crippen MR) is 100 cm³/mol. The van der Waals surface area contributed by atoms with Crippen LogP contribution in [0.3, 0.4) is 0 Å². The Morgan fingerprint density at radius 2 is 1.97 bits per heavy atom. The number of aromatic nitrogens is 1. The Bertz CT molecular complexity index is 1080. The molecule has 30 heavy (non-hydrogen) atoms. The van der Waals surface area contributed by atoms with Crippen LogP contribution in [0, 0.1) is 0 Å². The SMILES string of the molecule is COC(=O)Oc1ncccc1C1=CCN(S(=O)(=O)c2cccc(C(F)(F)F)c2)CC1. The van der Waals surface area contributed by atoms with Crippen molar-refractivity contribution in [3.8, 4) is 5.88 Å². The van der Waals surface area contributed by atoms with E-state index >= 15 is 0 Å². The van der Waals surface area contributed by atoms with Gasteiger partial charge in [0.2, 0.25) is 15.9 Å². The van der Waals surface area contributed by atoms with E-state index in [9.17, 15) is 26.4 Å². The van der Waals surface area contributed by atoms with Crippen molar-refractivity contribution in [3.63, 3.8) is 0 Å². The van der Waals surface area contributed by atoms with Gasteiger partial charge in [0.25, 0.3) is 0 Å². The monoisotopic (exact) mass is 442 g/mol. The molecule has 0 fully saturated rings. The van der Waals surface area contributed by atoms with Gasteiger partial charge in [0.1, 0.15) is 0 Å². The van der Waals surface area contributed by atoms with Crippen LogP contribution >= 0.6 is 0 Å². The van der Waals surface area contributed by atoms with Gasteiger partial charge in [-0.15, -0.1) is 0 Å². The van der Waals surface area contributed by atoms with Gasteiger partial charge in [0.15, 0.2) is 0 Å². The number of sulfonamides is 1. The summed E-state index contributed by atoms with van der Waals surface area (Å²) in [5, 5.41) is 0. The fraction of sp³-hybridized carbons (Fsp3) is 0.263. The van der Waals surface area contributed by atoms with Gasteiger partial charge in [0, 0.05) is 24.8 Å². The van der Waals surface area contributed by atoms with E-state index in [1.54, 1.807) is 18.2 Å². The van der Waals surface area contributed by atoms with Gasteiger partial charge in [-0.05, 0) is 42.3 Å². The van der Waals surface area contributed by atoms with Crippen LogP contribution in [0.15, 0.2) is 53.6 Å². The summed E-state index contributed by atoms with van der Waals surface area (Å²) in [5.41, 5.74) is 0.160. The molecule has 160 valence electrons. The summed E-state index contributed by atoms with van der Waals surface area (Å²) in [7, 11) is -2.96. The smallest absolute Gasteiger partial charge is 0.437 e. The summed E-state index contributed by atoms with van der Waals surface area (Å²) in [4.78, 5) is 14.9. The van der Waals surface area contributed by atoms with Crippen molar-refractivity contribution in [2.75, 3.05) is 20.2 Å². The zero-order chi connectivity index (χ0) is 21.9. The highest BCUT2D eigenvalue weighted by atomic mass is 32.2. The lowest BCUT2D eigenvalue weighted by molar-refractivity contribution is -0.137. The predicted octanol–water partition coefficient (Wildman–Crippen LogP) is 3.72. The van der Waals surface area contributed by atoms with E-state index in [0.29, 0.717) is 17.2 Å². The third-order valence-electron chi connectivity index (χ3n) is 4.43. The normalized spacial score (nSPS) is 15.4. The second-order valence-electron chi connectivity index (χ2n) is 6.28. The Morgan fingerprint density at radius 3 is 2.60 bits per heavy atom. The topological polar surface area (TPSA) is 85.8 Å². The summed E-state index contributed by atoms with van der Waals surface area (Å²) in [5.74, 6) is 0.0183. The first-order chi connectivity index (χ1) is 14.1. The van der Waals surface area contributed by atoms with Crippen molar-refractivity contribution in [1.82, 2.24) is 9.29 Å². The number of benzene rings is 1. The van der Waals surface area contributed by atoms with Crippen LogP contribution in [0.4, 0.5) is 18.0 Å². The van der Waals surface area contributed by atoms with E-state index in [1.807, 2.05) is 0 Å². The number of hydrogen-bond acceptors (Lipinski definition) is 6. The molecule has 0 atom stereocenters. The minimum Gasteiger partial charge on any atom is -0.437 e. The van der Waals surface area contributed by atoms with Gasteiger partial charge < -0.3 is 9.47 Å². The van der Waals surface area contributed by atoms with Crippen LogP contribution in [0.2, 0.25) is 0 Å². The number of alkyl halides is 3. The number of nitrogens with zero attached hydrogens (tertiary/aromatic N) is 2. The van der Waals surface area contributed by atoms with E-state index in [4.69, 9.17) is 4.74 Å². The second-order valence-corrected chi connectivity index (χ2v) is 8.22. The Balaban J connectivity index is 1.84. The van der Waals surface area contributed by atoms with Crippen molar-refractivity contribution >= 4 is 21.8 Å². The van der Waals surface area contributed by atoms with Crippen LogP contribution in [0.1, 0.15) is 17.5 Å². The highest BCUT2D eigenvalue weighted by Gasteiger charge is 2.33. The standard InChI is InChI=1S/C19H17F3N2O5S/c1-28-18(25)29-17-16(6-3-9-23-17)13-7-10-24(11-8-13)30(26,27)15-5-2-4-14(12-15)19(20,21)22/h2-7,9,12H,8,10-11H2,1H3. The lowest BCUT2D eigenvalue weighted by atomic mass is 10.0. The van der Waals surface area contributed by atoms with E-state index in [2.05, 4.69) is 9.72 Å². The van der Waals surface area contributed by atoms with E-state index in [0.717, 1.165) is 29.6 Å². The fourth-order valence-electron chi connectivity index (χ4n) is 2.93. The van der Waals surface area contributed by atoms with Crippen LogP contribution in [-0.2, 0) is 20.9 Å². The summed E-state index contributed by atoms with van der Waals surface area (Å²) in [6.07, 6.45) is -2.30. The lowest BCUT2D eigenvalue weighted by Gasteiger charge is -2.26. The van der Waals surface area contributed by atoms with E-state index < -0.39 is 32.8 Å². The highest BCUT2D eigenvalue weighted by molar-refractivity contribution is 7.89. The molecule has 0 unspecified atom stereocenters. The molecule has 2 heterocycles. The lowest BCUT2D eigenvalue weighted by Crippen LogP contribution is -2.34.